The molecule has 1 aliphatic rings. The summed E-state index contributed by atoms with van der Waals surface area (Å²) in [7, 11) is 0. The molecule has 0 saturated carbocycles. The zero-order valence-electron chi connectivity index (χ0n) is 16.1. The molecule has 2 amide bonds. The van der Waals surface area contributed by atoms with Crippen molar-refractivity contribution in [3.8, 4) is 0 Å². The van der Waals surface area contributed by atoms with E-state index in [1.165, 1.54) is 4.88 Å². The first-order valence-electron chi connectivity index (χ1n) is 9.70. The van der Waals surface area contributed by atoms with Gasteiger partial charge in [-0.15, -0.1) is 11.3 Å². The summed E-state index contributed by atoms with van der Waals surface area (Å²) >= 11 is 1.68. The minimum absolute atomic E-state index is 0.00221. The standard InChI is InChI=1S/C21H27N3O3S/c1-2-27-21(26)24-12-10-17(11-13-24)23-19(25)15-22-20(18-9-6-14-28-18)16-7-4-3-5-8-16/h3-9,14,17,20,22H,2,10-13,15H2,1H3,(H,23,25)/t20-/m0/s1. The number of piperidine rings is 1. The van der Waals surface area contributed by atoms with E-state index in [2.05, 4.69) is 28.8 Å². The first-order chi connectivity index (χ1) is 13.7. The summed E-state index contributed by atoms with van der Waals surface area (Å²) in [6.45, 7) is 3.65. The molecule has 0 bridgehead atoms. The molecular formula is C21H27N3O3S. The summed E-state index contributed by atoms with van der Waals surface area (Å²) in [5.41, 5.74) is 1.14. The normalized spacial score (nSPS) is 15.8. The molecule has 28 heavy (non-hydrogen) atoms. The molecule has 0 radical (unpaired) electrons. The molecule has 1 aromatic carbocycles. The van der Waals surface area contributed by atoms with Gasteiger partial charge in [0.15, 0.2) is 0 Å². The van der Waals surface area contributed by atoms with E-state index < -0.39 is 0 Å². The quantitative estimate of drug-likeness (QED) is 0.748. The molecule has 150 valence electrons. The van der Waals surface area contributed by atoms with Crippen LogP contribution in [-0.4, -0.2) is 49.2 Å². The summed E-state index contributed by atoms with van der Waals surface area (Å²) in [5, 5.41) is 8.52. The van der Waals surface area contributed by atoms with Crippen LogP contribution in [0.15, 0.2) is 47.8 Å². The summed E-state index contributed by atoms with van der Waals surface area (Å²) in [4.78, 5) is 27.1. The molecule has 7 heteroatoms. The Balaban J connectivity index is 1.49. The van der Waals surface area contributed by atoms with E-state index in [0.717, 1.165) is 18.4 Å². The third kappa shape index (κ3) is 5.56. The number of rotatable bonds is 7. The predicted octanol–water partition coefficient (Wildman–Crippen LogP) is 3.16. The molecule has 1 fully saturated rings. The van der Waals surface area contributed by atoms with Gasteiger partial charge < -0.3 is 15.0 Å². The Kier molecular flexibility index (Phi) is 7.45. The Labute approximate surface area is 169 Å². The molecule has 0 spiro atoms. The second kappa shape index (κ2) is 10.2. The van der Waals surface area contributed by atoms with E-state index in [1.807, 2.05) is 29.6 Å². The number of hydrogen-bond acceptors (Lipinski definition) is 5. The summed E-state index contributed by atoms with van der Waals surface area (Å²) in [6.07, 6.45) is 1.23. The summed E-state index contributed by atoms with van der Waals surface area (Å²) < 4.78 is 5.03. The van der Waals surface area contributed by atoms with Gasteiger partial charge in [-0.1, -0.05) is 36.4 Å². The number of nitrogens with one attached hydrogen (secondary N) is 2. The van der Waals surface area contributed by atoms with Crippen molar-refractivity contribution in [2.75, 3.05) is 26.2 Å². The van der Waals surface area contributed by atoms with Gasteiger partial charge >= 0.3 is 6.09 Å². The van der Waals surface area contributed by atoms with Crippen molar-refractivity contribution in [2.24, 2.45) is 0 Å². The number of carbonyl (C=O) groups is 2. The van der Waals surface area contributed by atoms with Gasteiger partial charge in [0.2, 0.25) is 5.91 Å². The second-order valence-corrected chi connectivity index (χ2v) is 7.75. The molecule has 0 unspecified atom stereocenters. The molecule has 1 saturated heterocycles. The van der Waals surface area contributed by atoms with E-state index in [1.54, 1.807) is 23.2 Å². The van der Waals surface area contributed by atoms with Crippen LogP contribution in [0.2, 0.25) is 0 Å². The number of benzene rings is 1. The lowest BCUT2D eigenvalue weighted by atomic mass is 10.0. The Hall–Kier alpha value is -2.38. The van der Waals surface area contributed by atoms with E-state index in [-0.39, 0.29) is 30.6 Å². The lowest BCUT2D eigenvalue weighted by Crippen LogP contribution is -2.48. The average molecular weight is 402 g/mol. The van der Waals surface area contributed by atoms with Crippen LogP contribution < -0.4 is 10.6 Å². The lowest BCUT2D eigenvalue weighted by molar-refractivity contribution is -0.121. The zero-order chi connectivity index (χ0) is 19.8. The maximum Gasteiger partial charge on any atom is 0.409 e. The molecule has 1 aromatic heterocycles. The number of nitrogens with zero attached hydrogens (tertiary/aromatic N) is 1. The summed E-state index contributed by atoms with van der Waals surface area (Å²) in [6, 6.07) is 14.3. The smallest absolute Gasteiger partial charge is 0.409 e. The number of thiophene rings is 1. The van der Waals surface area contributed by atoms with Crippen molar-refractivity contribution >= 4 is 23.3 Å². The van der Waals surface area contributed by atoms with E-state index in [4.69, 9.17) is 4.74 Å². The fourth-order valence-electron chi connectivity index (χ4n) is 3.38. The lowest BCUT2D eigenvalue weighted by Gasteiger charge is -2.31. The topological polar surface area (TPSA) is 70.7 Å². The number of ether oxygens (including phenoxy) is 1. The van der Waals surface area contributed by atoms with Gasteiger partial charge in [0, 0.05) is 24.0 Å². The monoisotopic (exact) mass is 401 g/mol. The Morgan fingerprint density at radius 1 is 1.18 bits per heavy atom. The van der Waals surface area contributed by atoms with Crippen LogP contribution in [0.25, 0.3) is 0 Å². The number of carbonyl (C=O) groups excluding carboxylic acids is 2. The molecule has 2 N–H and O–H groups in total. The van der Waals surface area contributed by atoms with Gasteiger partial charge in [-0.2, -0.15) is 0 Å². The van der Waals surface area contributed by atoms with Crippen molar-refractivity contribution in [3.05, 3.63) is 58.3 Å². The molecular weight excluding hydrogens is 374 g/mol. The zero-order valence-corrected chi connectivity index (χ0v) is 16.9. The first-order valence-corrected chi connectivity index (χ1v) is 10.6. The number of hydrogen-bond donors (Lipinski definition) is 2. The van der Waals surface area contributed by atoms with Crippen molar-refractivity contribution < 1.29 is 14.3 Å². The van der Waals surface area contributed by atoms with Crippen LogP contribution in [0.5, 0.6) is 0 Å². The second-order valence-electron chi connectivity index (χ2n) is 6.77. The van der Waals surface area contributed by atoms with Crippen LogP contribution in [0, 0.1) is 0 Å². The van der Waals surface area contributed by atoms with E-state index in [9.17, 15) is 9.59 Å². The maximum absolute atomic E-state index is 12.5. The third-order valence-electron chi connectivity index (χ3n) is 4.81. The molecule has 3 rings (SSSR count). The van der Waals surface area contributed by atoms with E-state index in [0.29, 0.717) is 19.7 Å². The van der Waals surface area contributed by atoms with Crippen LogP contribution in [0.4, 0.5) is 4.79 Å². The SMILES string of the molecule is CCOC(=O)N1CCC(NC(=O)CN[C@@H](c2ccccc2)c2cccs2)CC1. The first kappa shape index (κ1) is 20.4. The molecule has 1 aliphatic heterocycles. The van der Waals surface area contributed by atoms with Gasteiger partial charge in [0.05, 0.1) is 19.2 Å². The van der Waals surface area contributed by atoms with E-state index >= 15 is 0 Å². The van der Waals surface area contributed by atoms with Crippen molar-refractivity contribution in [2.45, 2.75) is 31.8 Å². The Bertz CT molecular complexity index is 744. The van der Waals surface area contributed by atoms with Gasteiger partial charge in [-0.3, -0.25) is 10.1 Å². The van der Waals surface area contributed by atoms with Crippen molar-refractivity contribution in [1.82, 2.24) is 15.5 Å². The highest BCUT2D eigenvalue weighted by Gasteiger charge is 2.25. The number of likely N-dealkylation sites (tertiary alicyclic amines) is 1. The van der Waals surface area contributed by atoms with Gasteiger partial charge in [-0.25, -0.2) is 4.79 Å². The molecule has 1 atom stereocenters. The molecule has 2 heterocycles. The largest absolute Gasteiger partial charge is 0.450 e. The molecule has 6 nitrogen and oxygen atoms in total. The highest BCUT2D eigenvalue weighted by molar-refractivity contribution is 7.10. The van der Waals surface area contributed by atoms with Gasteiger partial charge in [0.1, 0.15) is 0 Å². The fraction of sp³-hybridized carbons (Fsp3) is 0.429. The minimum atomic E-state index is -0.268. The van der Waals surface area contributed by atoms with Crippen molar-refractivity contribution in [3.63, 3.8) is 0 Å². The van der Waals surface area contributed by atoms with Crippen LogP contribution in [-0.2, 0) is 9.53 Å². The average Bonchev–Trinajstić information content (AvgIpc) is 3.24. The Morgan fingerprint density at radius 3 is 2.57 bits per heavy atom. The Morgan fingerprint density at radius 2 is 1.93 bits per heavy atom. The van der Waals surface area contributed by atoms with Crippen molar-refractivity contribution in [1.29, 1.82) is 0 Å². The van der Waals surface area contributed by atoms with Gasteiger partial charge in [0.25, 0.3) is 0 Å². The predicted molar refractivity (Wildman–Crippen MR) is 110 cm³/mol. The fourth-order valence-corrected chi connectivity index (χ4v) is 4.21. The minimum Gasteiger partial charge on any atom is -0.450 e. The maximum atomic E-state index is 12.5. The van der Waals surface area contributed by atoms with Crippen LogP contribution in [0.3, 0.4) is 0 Å². The third-order valence-corrected chi connectivity index (χ3v) is 5.75. The number of amides is 2. The molecule has 2 aromatic rings. The molecule has 0 aliphatic carbocycles. The van der Waals surface area contributed by atoms with Crippen LogP contribution in [0.1, 0.15) is 36.2 Å². The van der Waals surface area contributed by atoms with Crippen LogP contribution >= 0.6 is 11.3 Å². The highest BCUT2D eigenvalue weighted by Crippen LogP contribution is 2.25. The highest BCUT2D eigenvalue weighted by atomic mass is 32.1. The van der Waals surface area contributed by atoms with Gasteiger partial charge in [-0.05, 0) is 36.8 Å². The summed E-state index contributed by atoms with van der Waals surface area (Å²) in [5.74, 6) is -0.0212.